The number of hydrogen-bond acceptors (Lipinski definition) is 6. The molecule has 1 aliphatic heterocycles. The van der Waals surface area contributed by atoms with Crippen LogP contribution in [0.1, 0.15) is 24.0 Å². The molecule has 1 amide bonds. The maximum Gasteiger partial charge on any atom is 0.324 e. The second-order valence-electron chi connectivity index (χ2n) is 7.16. The fraction of sp³-hybridized carbons (Fsp3) is 0.273. The van der Waals surface area contributed by atoms with Gasteiger partial charge in [-0.05, 0) is 43.5 Å². The topological polar surface area (TPSA) is 95.0 Å². The van der Waals surface area contributed by atoms with Gasteiger partial charge in [0.25, 0.3) is 0 Å². The number of carbonyl (C=O) groups excluding carboxylic acids is 1. The molecule has 1 aromatic heterocycles. The van der Waals surface area contributed by atoms with Gasteiger partial charge in [0.05, 0.1) is 11.6 Å². The molecule has 1 N–H and O–H groups in total. The number of hydrogen-bond donors (Lipinski definition) is 1. The van der Waals surface area contributed by atoms with E-state index in [0.717, 1.165) is 11.1 Å². The van der Waals surface area contributed by atoms with Gasteiger partial charge in [0.2, 0.25) is 11.7 Å². The smallest absolute Gasteiger partial charge is 0.324 e. The summed E-state index contributed by atoms with van der Waals surface area (Å²) >= 11 is 0. The minimum absolute atomic E-state index is 0.0223. The van der Waals surface area contributed by atoms with Crippen molar-refractivity contribution in [3.63, 3.8) is 0 Å². The number of piperidine rings is 1. The molecule has 0 aliphatic carbocycles. The Kier molecular flexibility index (Phi) is 5.25. The van der Waals surface area contributed by atoms with E-state index in [4.69, 9.17) is 9.78 Å². The highest BCUT2D eigenvalue weighted by Gasteiger charge is 2.27. The van der Waals surface area contributed by atoms with Crippen LogP contribution >= 0.6 is 0 Å². The summed E-state index contributed by atoms with van der Waals surface area (Å²) in [4.78, 5) is 19.1. The SMILES string of the molecule is Cc1ccccc1-c1noc(N2CCC(C(=O)Nc3cccc(C#N)c3)CC2)n1. The zero-order valence-electron chi connectivity index (χ0n) is 16.1. The second kappa shape index (κ2) is 8.15. The van der Waals surface area contributed by atoms with Crippen LogP contribution in [0, 0.1) is 24.2 Å². The van der Waals surface area contributed by atoms with Crippen LogP contribution in [0.3, 0.4) is 0 Å². The molecule has 3 aromatic rings. The standard InChI is InChI=1S/C22H21N5O2/c1-15-5-2-3-8-19(15)20-25-22(29-26-20)27-11-9-17(10-12-27)21(28)24-18-7-4-6-16(13-18)14-23/h2-8,13,17H,9-12H2,1H3,(H,24,28). The Morgan fingerprint density at radius 2 is 2.00 bits per heavy atom. The summed E-state index contributed by atoms with van der Waals surface area (Å²) in [6.07, 6.45) is 1.40. The number of benzene rings is 2. The van der Waals surface area contributed by atoms with Crippen LogP contribution in [-0.4, -0.2) is 29.1 Å². The van der Waals surface area contributed by atoms with Crippen LogP contribution in [-0.2, 0) is 4.79 Å². The predicted octanol–water partition coefficient (Wildman–Crippen LogP) is 3.77. The van der Waals surface area contributed by atoms with Crippen LogP contribution < -0.4 is 10.2 Å². The molecule has 1 fully saturated rings. The number of aromatic nitrogens is 2. The van der Waals surface area contributed by atoms with Gasteiger partial charge < -0.3 is 14.7 Å². The van der Waals surface area contributed by atoms with Crippen molar-refractivity contribution in [3.8, 4) is 17.5 Å². The Bertz CT molecular complexity index is 1060. The summed E-state index contributed by atoms with van der Waals surface area (Å²) in [5, 5.41) is 16.0. The van der Waals surface area contributed by atoms with E-state index >= 15 is 0 Å². The number of carbonyl (C=O) groups is 1. The van der Waals surface area contributed by atoms with Gasteiger partial charge in [0.1, 0.15) is 0 Å². The molecule has 0 spiro atoms. The monoisotopic (exact) mass is 387 g/mol. The summed E-state index contributed by atoms with van der Waals surface area (Å²) in [6, 6.07) is 17.4. The van der Waals surface area contributed by atoms with Gasteiger partial charge in [-0.3, -0.25) is 4.79 Å². The zero-order valence-corrected chi connectivity index (χ0v) is 16.1. The summed E-state index contributed by atoms with van der Waals surface area (Å²) in [5.74, 6) is 0.469. The van der Waals surface area contributed by atoms with Crippen molar-refractivity contribution in [1.82, 2.24) is 10.1 Å². The van der Waals surface area contributed by atoms with Gasteiger partial charge in [-0.1, -0.05) is 35.5 Å². The fourth-order valence-corrected chi connectivity index (χ4v) is 3.52. The van der Waals surface area contributed by atoms with Crippen molar-refractivity contribution in [3.05, 3.63) is 59.7 Å². The summed E-state index contributed by atoms with van der Waals surface area (Å²) in [6.45, 7) is 3.36. The van der Waals surface area contributed by atoms with Crippen molar-refractivity contribution < 1.29 is 9.32 Å². The Balaban J connectivity index is 1.36. The highest BCUT2D eigenvalue weighted by molar-refractivity contribution is 5.92. The first kappa shape index (κ1) is 18.7. The third-order valence-corrected chi connectivity index (χ3v) is 5.20. The van der Waals surface area contributed by atoms with Crippen LogP contribution in [0.2, 0.25) is 0 Å². The number of amides is 1. The van der Waals surface area contributed by atoms with E-state index in [1.165, 1.54) is 0 Å². The zero-order chi connectivity index (χ0) is 20.2. The highest BCUT2D eigenvalue weighted by Crippen LogP contribution is 2.26. The molecule has 0 radical (unpaired) electrons. The third-order valence-electron chi connectivity index (χ3n) is 5.20. The van der Waals surface area contributed by atoms with Crippen molar-refractivity contribution in [2.75, 3.05) is 23.3 Å². The number of aryl methyl sites for hydroxylation is 1. The van der Waals surface area contributed by atoms with Crippen LogP contribution in [0.4, 0.5) is 11.7 Å². The Morgan fingerprint density at radius 1 is 1.21 bits per heavy atom. The number of nitriles is 1. The number of anilines is 2. The molecule has 29 heavy (non-hydrogen) atoms. The molecule has 0 saturated carbocycles. The molecular weight excluding hydrogens is 366 g/mol. The average molecular weight is 387 g/mol. The first-order chi connectivity index (χ1) is 14.1. The lowest BCUT2D eigenvalue weighted by atomic mass is 9.96. The molecular formula is C22H21N5O2. The maximum absolute atomic E-state index is 12.6. The summed E-state index contributed by atoms with van der Waals surface area (Å²) in [5.41, 5.74) is 3.22. The van der Waals surface area contributed by atoms with Crippen LogP contribution in [0.15, 0.2) is 53.1 Å². The Hall–Kier alpha value is -3.66. The molecule has 4 rings (SSSR count). The summed E-state index contributed by atoms with van der Waals surface area (Å²) < 4.78 is 5.46. The Labute approximate surface area is 169 Å². The van der Waals surface area contributed by atoms with Crippen LogP contribution in [0.5, 0.6) is 0 Å². The average Bonchev–Trinajstić information content (AvgIpc) is 3.24. The lowest BCUT2D eigenvalue weighted by molar-refractivity contribution is -0.120. The lowest BCUT2D eigenvalue weighted by Gasteiger charge is -2.29. The molecule has 0 unspecified atom stereocenters. The molecule has 1 saturated heterocycles. The minimum atomic E-state index is -0.0873. The molecule has 0 bridgehead atoms. The predicted molar refractivity (Wildman–Crippen MR) is 109 cm³/mol. The molecule has 7 nitrogen and oxygen atoms in total. The quantitative estimate of drug-likeness (QED) is 0.732. The number of nitrogens with zero attached hydrogens (tertiary/aromatic N) is 4. The second-order valence-corrected chi connectivity index (χ2v) is 7.16. The van der Waals surface area contributed by atoms with Gasteiger partial charge in [-0.25, -0.2) is 0 Å². The van der Waals surface area contributed by atoms with Crippen molar-refractivity contribution >= 4 is 17.6 Å². The van der Waals surface area contributed by atoms with Crippen molar-refractivity contribution in [2.24, 2.45) is 5.92 Å². The molecule has 1 aliphatic rings. The lowest BCUT2D eigenvalue weighted by Crippen LogP contribution is -2.38. The van der Waals surface area contributed by atoms with E-state index in [1.807, 2.05) is 36.1 Å². The molecule has 7 heteroatoms. The first-order valence-corrected chi connectivity index (χ1v) is 9.60. The molecule has 0 atom stereocenters. The fourth-order valence-electron chi connectivity index (χ4n) is 3.52. The van der Waals surface area contributed by atoms with Gasteiger partial charge in [0.15, 0.2) is 0 Å². The number of nitrogens with one attached hydrogen (secondary N) is 1. The minimum Gasteiger partial charge on any atom is -0.326 e. The normalized spacial score (nSPS) is 14.4. The Morgan fingerprint density at radius 3 is 2.76 bits per heavy atom. The van der Waals surface area contributed by atoms with E-state index in [0.29, 0.717) is 49.0 Å². The van der Waals surface area contributed by atoms with E-state index in [2.05, 4.69) is 21.5 Å². The van der Waals surface area contributed by atoms with Crippen molar-refractivity contribution in [1.29, 1.82) is 5.26 Å². The first-order valence-electron chi connectivity index (χ1n) is 9.60. The van der Waals surface area contributed by atoms with E-state index in [9.17, 15) is 4.79 Å². The third kappa shape index (κ3) is 4.11. The highest BCUT2D eigenvalue weighted by atomic mass is 16.5. The van der Waals surface area contributed by atoms with Gasteiger partial charge in [0, 0.05) is 30.3 Å². The largest absolute Gasteiger partial charge is 0.326 e. The van der Waals surface area contributed by atoms with Gasteiger partial charge >= 0.3 is 6.01 Å². The van der Waals surface area contributed by atoms with Crippen LogP contribution in [0.25, 0.3) is 11.4 Å². The van der Waals surface area contributed by atoms with E-state index in [-0.39, 0.29) is 11.8 Å². The van der Waals surface area contributed by atoms with E-state index < -0.39 is 0 Å². The summed E-state index contributed by atoms with van der Waals surface area (Å²) in [7, 11) is 0. The van der Waals surface area contributed by atoms with Gasteiger partial charge in [-0.2, -0.15) is 10.2 Å². The molecule has 2 heterocycles. The molecule has 146 valence electrons. The van der Waals surface area contributed by atoms with E-state index in [1.54, 1.807) is 24.3 Å². The van der Waals surface area contributed by atoms with Gasteiger partial charge in [-0.15, -0.1) is 0 Å². The number of rotatable bonds is 4. The maximum atomic E-state index is 12.6. The van der Waals surface area contributed by atoms with Crippen molar-refractivity contribution in [2.45, 2.75) is 19.8 Å². The molecule has 2 aromatic carbocycles.